The Balaban J connectivity index is 2.71. The number of nitrogens with one attached hydrogen (secondary N) is 2. The van der Waals surface area contributed by atoms with Crippen molar-refractivity contribution in [2.75, 3.05) is 13.7 Å². The minimum atomic E-state index is -0.743. The lowest BCUT2D eigenvalue weighted by molar-refractivity contribution is -0.136. The molecule has 1 atom stereocenters. The van der Waals surface area contributed by atoms with E-state index in [-0.39, 0.29) is 17.1 Å². The van der Waals surface area contributed by atoms with Crippen LogP contribution in [0.4, 0.5) is 0 Å². The second kappa shape index (κ2) is 8.31. The standard InChI is InChI=1S/C19H18Cl2N2O3/c1-5-9-22-18(24)14-10(2)23-11(3)15(19(25)26-4)16(14)12-7-6-8-13(20)17(12)21/h1,6-8,16,23H,9H2,2-4H3,(H,22,24). The van der Waals surface area contributed by atoms with Crippen molar-refractivity contribution in [3.05, 3.63) is 56.3 Å². The van der Waals surface area contributed by atoms with Gasteiger partial charge in [-0.3, -0.25) is 4.79 Å². The lowest BCUT2D eigenvalue weighted by atomic mass is 9.80. The van der Waals surface area contributed by atoms with Gasteiger partial charge >= 0.3 is 5.97 Å². The summed E-state index contributed by atoms with van der Waals surface area (Å²) in [6.07, 6.45) is 5.23. The summed E-state index contributed by atoms with van der Waals surface area (Å²) in [6.45, 7) is 3.53. The van der Waals surface area contributed by atoms with E-state index in [0.29, 0.717) is 27.6 Å². The molecule has 7 heteroatoms. The molecule has 0 radical (unpaired) electrons. The summed E-state index contributed by atoms with van der Waals surface area (Å²) < 4.78 is 4.93. The van der Waals surface area contributed by atoms with Crippen molar-refractivity contribution >= 4 is 35.1 Å². The number of halogens is 2. The number of benzene rings is 1. The number of terminal acetylenes is 1. The highest BCUT2D eigenvalue weighted by Gasteiger charge is 2.38. The van der Waals surface area contributed by atoms with Crippen molar-refractivity contribution < 1.29 is 14.3 Å². The predicted octanol–water partition coefficient (Wildman–Crippen LogP) is 3.15. The SMILES string of the molecule is C#CCNC(=O)C1=C(C)NC(C)=C(C(=O)OC)C1c1cccc(Cl)c1Cl. The molecule has 1 heterocycles. The molecule has 1 aliphatic rings. The Bertz CT molecular complexity index is 866. The van der Waals surface area contributed by atoms with Crippen molar-refractivity contribution in [2.24, 2.45) is 0 Å². The molecule has 0 aliphatic carbocycles. The summed E-state index contributed by atoms with van der Waals surface area (Å²) in [5.41, 5.74) is 2.31. The van der Waals surface area contributed by atoms with E-state index in [1.807, 2.05) is 0 Å². The molecular weight excluding hydrogens is 375 g/mol. The molecule has 1 aliphatic heterocycles. The fraction of sp³-hybridized carbons (Fsp3) is 0.263. The van der Waals surface area contributed by atoms with Gasteiger partial charge in [-0.1, -0.05) is 41.3 Å². The largest absolute Gasteiger partial charge is 0.466 e. The zero-order valence-electron chi connectivity index (χ0n) is 14.6. The van der Waals surface area contributed by atoms with E-state index in [4.69, 9.17) is 34.4 Å². The molecule has 136 valence electrons. The first-order valence-corrected chi connectivity index (χ1v) is 8.51. The van der Waals surface area contributed by atoms with Crippen LogP contribution in [-0.4, -0.2) is 25.5 Å². The first kappa shape index (κ1) is 19.9. The number of dihydropyridines is 1. The summed E-state index contributed by atoms with van der Waals surface area (Å²) in [7, 11) is 1.28. The molecule has 0 saturated carbocycles. The average Bonchev–Trinajstić information content (AvgIpc) is 2.60. The van der Waals surface area contributed by atoms with E-state index in [9.17, 15) is 9.59 Å². The molecule has 2 N–H and O–H groups in total. The van der Waals surface area contributed by atoms with Crippen LogP contribution in [0.25, 0.3) is 0 Å². The van der Waals surface area contributed by atoms with Crippen molar-refractivity contribution in [2.45, 2.75) is 19.8 Å². The zero-order valence-corrected chi connectivity index (χ0v) is 16.1. The van der Waals surface area contributed by atoms with Gasteiger partial charge in [-0.2, -0.15) is 0 Å². The molecule has 1 unspecified atom stereocenters. The lowest BCUT2D eigenvalue weighted by Gasteiger charge is -2.31. The van der Waals surface area contributed by atoms with Crippen LogP contribution in [0.5, 0.6) is 0 Å². The Hall–Kier alpha value is -2.42. The van der Waals surface area contributed by atoms with Gasteiger partial charge in [0.05, 0.1) is 35.2 Å². The second-order valence-corrected chi connectivity index (χ2v) is 6.44. The number of methoxy groups -OCH3 is 1. The van der Waals surface area contributed by atoms with E-state index in [2.05, 4.69) is 16.6 Å². The molecule has 5 nitrogen and oxygen atoms in total. The number of esters is 1. The lowest BCUT2D eigenvalue weighted by Crippen LogP contribution is -2.36. The third-order valence-corrected chi connectivity index (χ3v) is 4.89. The Labute approximate surface area is 162 Å². The number of ether oxygens (including phenoxy) is 1. The highest BCUT2D eigenvalue weighted by atomic mass is 35.5. The van der Waals surface area contributed by atoms with Gasteiger partial charge in [0.25, 0.3) is 5.91 Å². The van der Waals surface area contributed by atoms with Crippen LogP contribution < -0.4 is 10.6 Å². The maximum absolute atomic E-state index is 12.8. The Kier molecular flexibility index (Phi) is 6.36. The molecule has 0 fully saturated rings. The Morgan fingerprint density at radius 1 is 1.27 bits per heavy atom. The highest BCUT2D eigenvalue weighted by molar-refractivity contribution is 6.42. The van der Waals surface area contributed by atoms with Gasteiger partial charge in [-0.15, -0.1) is 6.42 Å². The van der Waals surface area contributed by atoms with Crippen molar-refractivity contribution in [1.82, 2.24) is 10.6 Å². The number of hydrogen-bond acceptors (Lipinski definition) is 4. The third kappa shape index (κ3) is 3.72. The molecule has 0 aromatic heterocycles. The minimum Gasteiger partial charge on any atom is -0.466 e. The van der Waals surface area contributed by atoms with Gasteiger partial charge in [0.15, 0.2) is 0 Å². The van der Waals surface area contributed by atoms with Gasteiger partial charge in [0.1, 0.15) is 0 Å². The van der Waals surface area contributed by atoms with Crippen molar-refractivity contribution in [3.63, 3.8) is 0 Å². The topological polar surface area (TPSA) is 67.4 Å². The third-order valence-electron chi connectivity index (χ3n) is 4.05. The van der Waals surface area contributed by atoms with Crippen LogP contribution in [0.1, 0.15) is 25.3 Å². The maximum Gasteiger partial charge on any atom is 0.336 e. The molecule has 0 spiro atoms. The number of allylic oxidation sites excluding steroid dienone is 2. The number of carbonyl (C=O) groups excluding carboxylic acids is 2. The number of carbonyl (C=O) groups is 2. The summed E-state index contributed by atoms with van der Waals surface area (Å²) in [5.74, 6) is 0.649. The van der Waals surface area contributed by atoms with E-state index in [1.165, 1.54) is 7.11 Å². The normalized spacial score (nSPS) is 16.7. The molecule has 0 saturated heterocycles. The fourth-order valence-electron chi connectivity index (χ4n) is 2.96. The summed E-state index contributed by atoms with van der Waals surface area (Å²) in [5, 5.41) is 6.28. The fourth-order valence-corrected chi connectivity index (χ4v) is 3.37. The first-order valence-electron chi connectivity index (χ1n) is 7.75. The van der Waals surface area contributed by atoms with Gasteiger partial charge in [0, 0.05) is 17.0 Å². The molecule has 1 aromatic rings. The van der Waals surface area contributed by atoms with Crippen LogP contribution in [0.2, 0.25) is 10.0 Å². The van der Waals surface area contributed by atoms with Gasteiger partial charge in [0.2, 0.25) is 0 Å². The van der Waals surface area contributed by atoms with E-state index in [0.717, 1.165) is 0 Å². The zero-order chi connectivity index (χ0) is 19.4. The quantitative estimate of drug-likeness (QED) is 0.609. The molecule has 2 rings (SSSR count). The van der Waals surface area contributed by atoms with Crippen molar-refractivity contribution in [3.8, 4) is 12.3 Å². The molecule has 0 bridgehead atoms. The molecule has 1 amide bonds. The van der Waals surface area contributed by atoms with E-state index < -0.39 is 17.8 Å². The number of amides is 1. The number of rotatable bonds is 4. The predicted molar refractivity (Wildman–Crippen MR) is 102 cm³/mol. The van der Waals surface area contributed by atoms with E-state index >= 15 is 0 Å². The van der Waals surface area contributed by atoms with Gasteiger partial charge in [-0.05, 0) is 25.5 Å². The maximum atomic E-state index is 12.8. The van der Waals surface area contributed by atoms with Crippen LogP contribution in [-0.2, 0) is 14.3 Å². The average molecular weight is 393 g/mol. The first-order chi connectivity index (χ1) is 12.3. The van der Waals surface area contributed by atoms with Crippen LogP contribution in [0.3, 0.4) is 0 Å². The molecular formula is C19H18Cl2N2O3. The Morgan fingerprint density at radius 3 is 2.54 bits per heavy atom. The van der Waals surface area contributed by atoms with Crippen molar-refractivity contribution in [1.29, 1.82) is 0 Å². The van der Waals surface area contributed by atoms with Crippen LogP contribution in [0, 0.1) is 12.3 Å². The summed E-state index contributed by atoms with van der Waals surface area (Å²) >= 11 is 12.6. The van der Waals surface area contributed by atoms with E-state index in [1.54, 1.807) is 32.0 Å². The minimum absolute atomic E-state index is 0.0574. The molecule has 26 heavy (non-hydrogen) atoms. The summed E-state index contributed by atoms with van der Waals surface area (Å²) in [4.78, 5) is 25.2. The molecule has 1 aromatic carbocycles. The number of hydrogen-bond donors (Lipinski definition) is 2. The van der Waals surface area contributed by atoms with Gasteiger partial charge < -0.3 is 15.4 Å². The second-order valence-electron chi connectivity index (χ2n) is 5.66. The Morgan fingerprint density at radius 2 is 1.92 bits per heavy atom. The van der Waals surface area contributed by atoms with Crippen LogP contribution in [0.15, 0.2) is 40.7 Å². The summed E-state index contributed by atoms with van der Waals surface area (Å²) in [6, 6.07) is 5.07. The van der Waals surface area contributed by atoms with Gasteiger partial charge in [-0.25, -0.2) is 4.79 Å². The smallest absolute Gasteiger partial charge is 0.336 e. The van der Waals surface area contributed by atoms with Crippen LogP contribution >= 0.6 is 23.2 Å². The monoisotopic (exact) mass is 392 g/mol. The highest BCUT2D eigenvalue weighted by Crippen LogP contribution is 2.43.